The zero-order chi connectivity index (χ0) is 8.27. The molecule has 11 heavy (non-hydrogen) atoms. The van der Waals surface area contributed by atoms with Crippen LogP contribution in [0.2, 0.25) is 0 Å². The summed E-state index contributed by atoms with van der Waals surface area (Å²) in [7, 11) is 0. The Kier molecular flexibility index (Phi) is 3.24. The average molecular weight is 173 g/mol. The molecule has 0 radical (unpaired) electrons. The molecule has 0 aromatic rings. The molecule has 64 valence electrons. The second-order valence-corrected chi connectivity index (χ2v) is 4.08. The van der Waals surface area contributed by atoms with Gasteiger partial charge in [-0.05, 0) is 12.8 Å². The summed E-state index contributed by atoms with van der Waals surface area (Å²) in [6.07, 6.45) is 2.00. The van der Waals surface area contributed by atoms with E-state index < -0.39 is 0 Å². The maximum absolute atomic E-state index is 11.3. The summed E-state index contributed by atoms with van der Waals surface area (Å²) in [6, 6.07) is 0.412. The summed E-state index contributed by atoms with van der Waals surface area (Å²) >= 11 is 1.79. The van der Waals surface area contributed by atoms with Crippen LogP contribution >= 0.6 is 11.8 Å². The predicted molar refractivity (Wildman–Crippen MR) is 48.8 cm³/mol. The minimum atomic E-state index is 0.206. The van der Waals surface area contributed by atoms with E-state index >= 15 is 0 Å². The number of thioether (sulfide) groups is 1. The Balaban J connectivity index is 2.41. The Hall–Kier alpha value is -0.180. The zero-order valence-electron chi connectivity index (χ0n) is 7.09. The fraction of sp³-hybridized carbons (Fsp3) is 0.875. The van der Waals surface area contributed by atoms with Crippen LogP contribution in [0.5, 0.6) is 0 Å². The van der Waals surface area contributed by atoms with Gasteiger partial charge in [-0.2, -0.15) is 0 Å². The minimum Gasteiger partial charge on any atom is -0.352 e. The molecule has 0 aliphatic carbocycles. The molecule has 1 rings (SSSR count). The van der Waals surface area contributed by atoms with E-state index in [2.05, 4.69) is 19.2 Å². The highest BCUT2D eigenvalue weighted by molar-refractivity contribution is 8.00. The van der Waals surface area contributed by atoms with Gasteiger partial charge < -0.3 is 5.32 Å². The van der Waals surface area contributed by atoms with Crippen LogP contribution < -0.4 is 5.32 Å². The Bertz CT molecular complexity index is 149. The summed E-state index contributed by atoms with van der Waals surface area (Å²) < 4.78 is 0. The van der Waals surface area contributed by atoms with E-state index in [9.17, 15) is 4.79 Å². The van der Waals surface area contributed by atoms with Crippen LogP contribution in [0.4, 0.5) is 0 Å². The molecule has 1 aliphatic heterocycles. The third kappa shape index (κ3) is 2.12. The summed E-state index contributed by atoms with van der Waals surface area (Å²) in [4.78, 5) is 11.3. The normalized spacial score (nSPS) is 31.6. The second kappa shape index (κ2) is 4.00. The number of carbonyl (C=O) groups is 1. The van der Waals surface area contributed by atoms with Crippen molar-refractivity contribution in [2.45, 2.75) is 38.0 Å². The third-order valence-electron chi connectivity index (χ3n) is 2.00. The first-order valence-electron chi connectivity index (χ1n) is 4.19. The van der Waals surface area contributed by atoms with Crippen molar-refractivity contribution in [1.29, 1.82) is 0 Å². The monoisotopic (exact) mass is 173 g/mol. The lowest BCUT2D eigenvalue weighted by molar-refractivity contribution is -0.121. The van der Waals surface area contributed by atoms with Gasteiger partial charge in [0.15, 0.2) is 0 Å². The summed E-state index contributed by atoms with van der Waals surface area (Å²) in [6.45, 7) is 4.17. The van der Waals surface area contributed by atoms with E-state index in [4.69, 9.17) is 0 Å². The average Bonchev–Trinajstić information content (AvgIpc) is 2.04. The van der Waals surface area contributed by atoms with Crippen LogP contribution in [-0.4, -0.2) is 23.0 Å². The molecule has 1 N–H and O–H groups in total. The van der Waals surface area contributed by atoms with Gasteiger partial charge in [-0.3, -0.25) is 4.79 Å². The van der Waals surface area contributed by atoms with Gasteiger partial charge in [-0.25, -0.2) is 0 Å². The van der Waals surface area contributed by atoms with Crippen molar-refractivity contribution in [3.8, 4) is 0 Å². The maximum Gasteiger partial charge on any atom is 0.233 e. The number of carbonyl (C=O) groups excluding carboxylic acids is 1. The zero-order valence-corrected chi connectivity index (χ0v) is 7.91. The van der Waals surface area contributed by atoms with Gasteiger partial charge in [0.25, 0.3) is 0 Å². The Morgan fingerprint density at radius 3 is 2.73 bits per heavy atom. The molecule has 2 nitrogen and oxygen atoms in total. The Labute approximate surface area is 72.1 Å². The summed E-state index contributed by atoms with van der Waals surface area (Å²) in [5.41, 5.74) is 0. The fourth-order valence-corrected chi connectivity index (χ4v) is 2.41. The summed E-state index contributed by atoms with van der Waals surface area (Å²) in [5.74, 6) is 1.32. The second-order valence-electron chi connectivity index (χ2n) is 2.84. The highest BCUT2D eigenvalue weighted by atomic mass is 32.2. The molecule has 3 heteroatoms. The van der Waals surface area contributed by atoms with Gasteiger partial charge in [0.2, 0.25) is 5.91 Å². The highest BCUT2D eigenvalue weighted by Crippen LogP contribution is 2.21. The molecular formula is C8H15NOS. The quantitative estimate of drug-likeness (QED) is 0.684. The number of nitrogens with one attached hydrogen (secondary N) is 1. The predicted octanol–water partition coefficient (Wildman–Crippen LogP) is 1.41. The van der Waals surface area contributed by atoms with Crippen LogP contribution in [0.1, 0.15) is 26.7 Å². The topological polar surface area (TPSA) is 29.1 Å². The van der Waals surface area contributed by atoms with Crippen molar-refractivity contribution >= 4 is 17.7 Å². The molecule has 0 aromatic heterocycles. The lowest BCUT2D eigenvalue weighted by atomic mass is 10.2. The van der Waals surface area contributed by atoms with Gasteiger partial charge in [-0.1, -0.05) is 13.8 Å². The van der Waals surface area contributed by atoms with Gasteiger partial charge in [0.05, 0.1) is 5.25 Å². The largest absolute Gasteiger partial charge is 0.352 e. The molecular weight excluding hydrogens is 158 g/mol. The Morgan fingerprint density at radius 2 is 2.27 bits per heavy atom. The number of hydrogen-bond donors (Lipinski definition) is 1. The van der Waals surface area contributed by atoms with Gasteiger partial charge in [-0.15, -0.1) is 11.8 Å². The van der Waals surface area contributed by atoms with E-state index in [1.807, 2.05) is 0 Å². The standard InChI is InChI=1S/C8H15NOS/c1-3-6-5-11-7(4-2)8(10)9-6/h6-7H,3-5H2,1-2H3,(H,9,10)/t6-,7-/m0/s1. The smallest absolute Gasteiger partial charge is 0.233 e. The van der Waals surface area contributed by atoms with Gasteiger partial charge >= 0.3 is 0 Å². The first-order chi connectivity index (χ1) is 5.27. The van der Waals surface area contributed by atoms with Crippen molar-refractivity contribution in [2.75, 3.05) is 5.75 Å². The van der Waals surface area contributed by atoms with E-state index in [0.717, 1.165) is 18.6 Å². The van der Waals surface area contributed by atoms with Crippen LogP contribution in [0.15, 0.2) is 0 Å². The molecule has 0 unspecified atom stereocenters. The van der Waals surface area contributed by atoms with Gasteiger partial charge in [0, 0.05) is 11.8 Å². The third-order valence-corrected chi connectivity index (χ3v) is 3.55. The van der Waals surface area contributed by atoms with E-state index in [-0.39, 0.29) is 11.2 Å². The van der Waals surface area contributed by atoms with Gasteiger partial charge in [0.1, 0.15) is 0 Å². The van der Waals surface area contributed by atoms with E-state index in [0.29, 0.717) is 6.04 Å². The molecule has 1 saturated heterocycles. The van der Waals surface area contributed by atoms with Crippen molar-refractivity contribution in [3.63, 3.8) is 0 Å². The van der Waals surface area contributed by atoms with Crippen molar-refractivity contribution in [3.05, 3.63) is 0 Å². The number of rotatable bonds is 2. The van der Waals surface area contributed by atoms with Crippen LogP contribution in [0.25, 0.3) is 0 Å². The number of amides is 1. The molecule has 0 aromatic carbocycles. The molecule has 0 spiro atoms. The van der Waals surface area contributed by atoms with Crippen LogP contribution in [-0.2, 0) is 4.79 Å². The molecule has 0 saturated carbocycles. The van der Waals surface area contributed by atoms with Crippen LogP contribution in [0, 0.1) is 0 Å². The van der Waals surface area contributed by atoms with Crippen LogP contribution in [0.3, 0.4) is 0 Å². The first kappa shape index (κ1) is 8.91. The number of hydrogen-bond acceptors (Lipinski definition) is 2. The van der Waals surface area contributed by atoms with E-state index in [1.165, 1.54) is 0 Å². The Morgan fingerprint density at radius 1 is 1.55 bits per heavy atom. The molecule has 0 bridgehead atoms. The summed E-state index contributed by atoms with van der Waals surface area (Å²) in [5, 5.41) is 3.21. The maximum atomic E-state index is 11.3. The lowest BCUT2D eigenvalue weighted by Gasteiger charge is -2.27. The first-order valence-corrected chi connectivity index (χ1v) is 5.24. The lowest BCUT2D eigenvalue weighted by Crippen LogP contribution is -2.46. The molecule has 1 heterocycles. The molecule has 1 aliphatic rings. The molecule has 2 atom stereocenters. The molecule has 1 fully saturated rings. The van der Waals surface area contributed by atoms with Crippen molar-refractivity contribution in [1.82, 2.24) is 5.32 Å². The highest BCUT2D eigenvalue weighted by Gasteiger charge is 2.25. The molecule has 1 amide bonds. The SMILES string of the molecule is CC[C@H]1CS[C@@H](CC)C(=O)N1. The minimum absolute atomic E-state index is 0.206. The van der Waals surface area contributed by atoms with E-state index in [1.54, 1.807) is 11.8 Å². The van der Waals surface area contributed by atoms with Crippen molar-refractivity contribution < 1.29 is 4.79 Å². The fourth-order valence-electron chi connectivity index (χ4n) is 1.17. The van der Waals surface area contributed by atoms with Crippen molar-refractivity contribution in [2.24, 2.45) is 0 Å².